The van der Waals surface area contributed by atoms with E-state index in [1.807, 2.05) is 19.1 Å². The summed E-state index contributed by atoms with van der Waals surface area (Å²) in [6.45, 7) is 2.08. The zero-order valence-electron chi connectivity index (χ0n) is 16.9. The predicted octanol–water partition coefficient (Wildman–Crippen LogP) is 3.63. The van der Waals surface area contributed by atoms with Crippen molar-refractivity contribution in [3.05, 3.63) is 59.4 Å². The van der Waals surface area contributed by atoms with Crippen LogP contribution in [0, 0.1) is 5.82 Å². The second-order valence-corrected chi connectivity index (χ2v) is 6.16. The molecule has 1 amide bonds. The summed E-state index contributed by atoms with van der Waals surface area (Å²) in [6, 6.07) is 8.80. The molecule has 0 radical (unpaired) electrons. The van der Waals surface area contributed by atoms with Gasteiger partial charge in [0.05, 0.1) is 12.7 Å². The molecule has 0 unspecified atom stereocenters. The third-order valence-electron chi connectivity index (χ3n) is 3.85. The van der Waals surface area contributed by atoms with Crippen LogP contribution in [0.4, 0.5) is 10.1 Å². The number of ether oxygens (including phenoxy) is 3. The number of carbonyl (C=O) groups is 3. The minimum absolute atomic E-state index is 0.219. The number of hydrogen-bond acceptors (Lipinski definition) is 6. The van der Waals surface area contributed by atoms with Crippen LogP contribution in [0.2, 0.25) is 0 Å². The van der Waals surface area contributed by atoms with Crippen LogP contribution < -0.4 is 14.8 Å². The summed E-state index contributed by atoms with van der Waals surface area (Å²) in [4.78, 5) is 35.0. The van der Waals surface area contributed by atoms with E-state index in [1.54, 1.807) is 18.2 Å². The topological polar surface area (TPSA) is 90.9 Å². The van der Waals surface area contributed by atoms with Crippen LogP contribution in [0.15, 0.2) is 42.5 Å². The Balaban J connectivity index is 1.90. The van der Waals surface area contributed by atoms with Crippen molar-refractivity contribution < 1.29 is 33.0 Å². The molecule has 0 aliphatic carbocycles. The lowest BCUT2D eigenvalue weighted by Crippen LogP contribution is -2.20. The number of ketones is 1. The first-order chi connectivity index (χ1) is 14.3. The number of nitrogens with one attached hydrogen (secondary N) is 1. The van der Waals surface area contributed by atoms with Crippen molar-refractivity contribution in [2.75, 3.05) is 25.6 Å². The Hall–Kier alpha value is -3.68. The van der Waals surface area contributed by atoms with Gasteiger partial charge in [-0.3, -0.25) is 9.59 Å². The first-order valence-corrected chi connectivity index (χ1v) is 9.03. The smallest absolute Gasteiger partial charge is 0.344 e. The normalized spacial score (nSPS) is 10.5. The quantitative estimate of drug-likeness (QED) is 0.497. The Morgan fingerprint density at radius 1 is 1.07 bits per heavy atom. The summed E-state index contributed by atoms with van der Waals surface area (Å²) in [5, 5.41) is 2.41. The molecular formula is C22H22FNO6. The van der Waals surface area contributed by atoms with Crippen molar-refractivity contribution in [2.24, 2.45) is 0 Å². The highest BCUT2D eigenvalue weighted by Crippen LogP contribution is 2.28. The third kappa shape index (κ3) is 6.44. The molecule has 1 N–H and O–H groups in total. The van der Waals surface area contributed by atoms with Crippen molar-refractivity contribution >= 4 is 29.4 Å². The zero-order valence-corrected chi connectivity index (χ0v) is 16.9. The first-order valence-electron chi connectivity index (χ1n) is 9.03. The second kappa shape index (κ2) is 10.8. The molecule has 2 aromatic carbocycles. The van der Waals surface area contributed by atoms with Gasteiger partial charge in [0.15, 0.2) is 24.7 Å². The van der Waals surface area contributed by atoms with Gasteiger partial charge in [0, 0.05) is 12.6 Å². The first kappa shape index (κ1) is 22.6. The molecule has 0 fully saturated rings. The van der Waals surface area contributed by atoms with Crippen LogP contribution in [-0.2, 0) is 14.3 Å². The molecular weight excluding hydrogens is 393 g/mol. The number of hydrogen-bond donors (Lipinski definition) is 1. The fourth-order valence-corrected chi connectivity index (χ4v) is 2.52. The number of methoxy groups -OCH3 is 1. The van der Waals surface area contributed by atoms with E-state index >= 15 is 0 Å². The molecule has 30 heavy (non-hydrogen) atoms. The maximum atomic E-state index is 14.1. The molecule has 0 aromatic heterocycles. The number of amides is 1. The Morgan fingerprint density at radius 2 is 1.83 bits per heavy atom. The average molecular weight is 415 g/mol. The maximum absolute atomic E-state index is 14.1. The molecule has 8 heteroatoms. The number of anilines is 1. The summed E-state index contributed by atoms with van der Waals surface area (Å²) in [5.74, 6) is -1.92. The Bertz CT molecular complexity index is 970. The van der Waals surface area contributed by atoms with Gasteiger partial charge in [-0.2, -0.15) is 0 Å². The molecule has 0 aliphatic rings. The molecule has 0 spiro atoms. The van der Waals surface area contributed by atoms with E-state index in [0.717, 1.165) is 11.6 Å². The molecule has 0 saturated heterocycles. The fourth-order valence-electron chi connectivity index (χ4n) is 2.52. The highest BCUT2D eigenvalue weighted by Gasteiger charge is 2.16. The Kier molecular flexibility index (Phi) is 8.10. The number of Topliss-reactive ketones (excluding diaryl/α,β-unsaturated/α-hetero) is 1. The lowest BCUT2D eigenvalue weighted by molar-refractivity contribution is -0.144. The van der Waals surface area contributed by atoms with E-state index < -0.39 is 30.8 Å². The van der Waals surface area contributed by atoms with Crippen LogP contribution in [0.25, 0.3) is 6.08 Å². The highest BCUT2D eigenvalue weighted by molar-refractivity contribution is 5.99. The molecule has 0 heterocycles. The van der Waals surface area contributed by atoms with Gasteiger partial charge >= 0.3 is 5.97 Å². The SMILES string of the molecule is C/C=C/c1ccc(OCC(=O)OCC(=O)c2ccc(NC(C)=O)cc2F)c(OC)c1. The molecule has 0 atom stereocenters. The summed E-state index contributed by atoms with van der Waals surface area (Å²) < 4.78 is 29.5. The monoisotopic (exact) mass is 415 g/mol. The Morgan fingerprint density at radius 3 is 2.47 bits per heavy atom. The minimum atomic E-state index is -0.829. The molecule has 0 saturated carbocycles. The summed E-state index contributed by atoms with van der Waals surface area (Å²) in [6.07, 6.45) is 3.76. The standard InChI is InChI=1S/C22H22FNO6/c1-4-5-15-6-9-20(21(10-15)28-3)29-13-22(27)30-12-19(26)17-8-7-16(11-18(17)23)24-14(2)25/h4-11H,12-13H2,1-3H3,(H,24,25)/b5-4+. The number of halogens is 1. The van der Waals surface area contributed by atoms with Crippen LogP contribution in [0.5, 0.6) is 11.5 Å². The van der Waals surface area contributed by atoms with Crippen LogP contribution in [0.3, 0.4) is 0 Å². The molecule has 7 nitrogen and oxygen atoms in total. The number of carbonyl (C=O) groups excluding carboxylic acids is 3. The van der Waals surface area contributed by atoms with Gasteiger partial charge in [-0.1, -0.05) is 18.2 Å². The number of esters is 1. The number of rotatable bonds is 9. The van der Waals surface area contributed by atoms with Gasteiger partial charge in [-0.05, 0) is 42.8 Å². The lowest BCUT2D eigenvalue weighted by Gasteiger charge is -2.11. The summed E-state index contributed by atoms with van der Waals surface area (Å²) >= 11 is 0. The third-order valence-corrected chi connectivity index (χ3v) is 3.85. The van der Waals surface area contributed by atoms with Crippen LogP contribution in [-0.4, -0.2) is 38.0 Å². The van der Waals surface area contributed by atoms with E-state index in [1.165, 1.54) is 26.2 Å². The van der Waals surface area contributed by atoms with Gasteiger partial charge in [0.25, 0.3) is 0 Å². The minimum Gasteiger partial charge on any atom is -0.493 e. The van der Waals surface area contributed by atoms with Crippen molar-refractivity contribution in [2.45, 2.75) is 13.8 Å². The van der Waals surface area contributed by atoms with Gasteiger partial charge in [0.1, 0.15) is 5.82 Å². The van der Waals surface area contributed by atoms with E-state index in [2.05, 4.69) is 5.32 Å². The number of benzene rings is 2. The van der Waals surface area contributed by atoms with Crippen molar-refractivity contribution in [1.29, 1.82) is 0 Å². The van der Waals surface area contributed by atoms with E-state index in [0.29, 0.717) is 11.5 Å². The predicted molar refractivity (Wildman–Crippen MR) is 109 cm³/mol. The van der Waals surface area contributed by atoms with Crippen LogP contribution >= 0.6 is 0 Å². The lowest BCUT2D eigenvalue weighted by atomic mass is 10.1. The summed E-state index contributed by atoms with van der Waals surface area (Å²) in [7, 11) is 1.48. The Labute approximate surface area is 173 Å². The molecule has 2 rings (SSSR count). The fraction of sp³-hybridized carbons (Fsp3) is 0.227. The van der Waals surface area contributed by atoms with Crippen molar-refractivity contribution in [1.82, 2.24) is 0 Å². The van der Waals surface area contributed by atoms with Crippen LogP contribution in [0.1, 0.15) is 29.8 Å². The van der Waals surface area contributed by atoms with Gasteiger partial charge < -0.3 is 19.5 Å². The van der Waals surface area contributed by atoms with E-state index in [-0.39, 0.29) is 17.2 Å². The molecule has 158 valence electrons. The van der Waals surface area contributed by atoms with E-state index in [4.69, 9.17) is 14.2 Å². The molecule has 0 aliphatic heterocycles. The largest absolute Gasteiger partial charge is 0.493 e. The van der Waals surface area contributed by atoms with Crippen molar-refractivity contribution in [3.63, 3.8) is 0 Å². The highest BCUT2D eigenvalue weighted by atomic mass is 19.1. The summed E-state index contributed by atoms with van der Waals surface area (Å²) in [5.41, 5.74) is 0.872. The molecule has 0 bridgehead atoms. The van der Waals surface area contributed by atoms with Gasteiger partial charge in [0.2, 0.25) is 11.7 Å². The van der Waals surface area contributed by atoms with E-state index in [9.17, 15) is 18.8 Å². The van der Waals surface area contributed by atoms with Gasteiger partial charge in [-0.15, -0.1) is 0 Å². The maximum Gasteiger partial charge on any atom is 0.344 e. The second-order valence-electron chi connectivity index (χ2n) is 6.16. The van der Waals surface area contributed by atoms with Crippen molar-refractivity contribution in [3.8, 4) is 11.5 Å². The van der Waals surface area contributed by atoms with Gasteiger partial charge in [-0.25, -0.2) is 9.18 Å². The average Bonchev–Trinajstić information content (AvgIpc) is 2.70. The zero-order chi connectivity index (χ0) is 22.1. The molecule has 2 aromatic rings. The number of allylic oxidation sites excluding steroid dienone is 1.